The van der Waals surface area contributed by atoms with Crippen molar-refractivity contribution in [3.63, 3.8) is 0 Å². The number of esters is 1. The summed E-state index contributed by atoms with van der Waals surface area (Å²) in [5.41, 5.74) is -1.25. The zero-order valence-corrected chi connectivity index (χ0v) is 18.8. The first-order valence-electron chi connectivity index (χ1n) is 10.6. The van der Waals surface area contributed by atoms with Crippen molar-refractivity contribution in [2.45, 2.75) is 102 Å². The molecule has 0 aromatic rings. The first-order valence-corrected chi connectivity index (χ1v) is 10.6. The molecule has 30 heavy (non-hydrogen) atoms. The number of carbonyl (C=O) groups excluding carboxylic acids is 2. The van der Waals surface area contributed by atoms with E-state index in [0.29, 0.717) is 26.1 Å². The molecule has 0 saturated carbocycles. The fourth-order valence-electron chi connectivity index (χ4n) is 4.12. The topological polar surface area (TPSA) is 102 Å². The van der Waals surface area contributed by atoms with Gasteiger partial charge in [0.05, 0.1) is 13.2 Å². The van der Waals surface area contributed by atoms with Crippen LogP contribution in [0.25, 0.3) is 0 Å². The van der Waals surface area contributed by atoms with Crippen molar-refractivity contribution in [1.29, 1.82) is 0 Å². The third kappa shape index (κ3) is 5.50. The molecule has 9 nitrogen and oxygen atoms in total. The van der Waals surface area contributed by atoms with Gasteiger partial charge in [-0.15, -0.1) is 0 Å². The first-order chi connectivity index (χ1) is 13.9. The molecular weight excluding hydrogens is 394 g/mol. The van der Waals surface area contributed by atoms with Gasteiger partial charge in [-0.05, 0) is 47.5 Å². The second-order valence-electron chi connectivity index (χ2n) is 9.71. The standard InChI is InChI=1S/C21H35NO8/c1-13(23)22-15-16-17(29-20(5,6)28-16)21(12-26-18(15)30-21)11-25-10-8-7-9-14(24)27-19(2,3)4/h15-18H,7-12H2,1-6H3,(H,22,23)/t15-,16-,17-,18+,21+/m1/s1. The molecule has 1 N–H and O–H groups in total. The number of hydrogen-bond acceptors (Lipinski definition) is 8. The number of nitrogens with one attached hydrogen (secondary N) is 1. The SMILES string of the molecule is CC(=O)N[C@H]1[C@H]2OC[C@](COCCCCC(=O)OC(C)(C)C)(O2)[C@@H]2OC(C)(C)O[C@H]12. The highest BCUT2D eigenvalue weighted by Crippen LogP contribution is 2.46. The quantitative estimate of drug-likeness (QED) is 0.459. The number of unbranched alkanes of at least 4 members (excludes halogenated alkanes) is 1. The van der Waals surface area contributed by atoms with Crippen LogP contribution in [0.15, 0.2) is 0 Å². The van der Waals surface area contributed by atoms with Crippen LogP contribution in [0.5, 0.6) is 0 Å². The molecule has 3 aliphatic heterocycles. The van der Waals surface area contributed by atoms with E-state index in [4.69, 9.17) is 28.4 Å². The molecule has 3 saturated heterocycles. The maximum absolute atomic E-state index is 11.8. The Morgan fingerprint density at radius 2 is 1.87 bits per heavy atom. The van der Waals surface area contributed by atoms with Crippen molar-refractivity contribution in [3.05, 3.63) is 0 Å². The zero-order valence-electron chi connectivity index (χ0n) is 18.8. The number of rotatable bonds is 8. The summed E-state index contributed by atoms with van der Waals surface area (Å²) >= 11 is 0. The van der Waals surface area contributed by atoms with Crippen LogP contribution in [0.1, 0.15) is 60.8 Å². The second-order valence-corrected chi connectivity index (χ2v) is 9.71. The van der Waals surface area contributed by atoms with Crippen LogP contribution < -0.4 is 5.32 Å². The van der Waals surface area contributed by atoms with Crippen LogP contribution >= 0.6 is 0 Å². The Bertz CT molecular complexity index is 645. The second kappa shape index (κ2) is 8.70. The molecular formula is C21H35NO8. The Hall–Kier alpha value is -1.26. The van der Waals surface area contributed by atoms with Gasteiger partial charge in [-0.2, -0.15) is 0 Å². The van der Waals surface area contributed by atoms with E-state index in [-0.39, 0.29) is 24.6 Å². The average molecular weight is 430 g/mol. The van der Waals surface area contributed by atoms with Crippen LogP contribution in [-0.4, -0.2) is 73.2 Å². The normalized spacial score (nSPS) is 34.5. The van der Waals surface area contributed by atoms with Crippen molar-refractivity contribution < 1.29 is 38.0 Å². The van der Waals surface area contributed by atoms with Crippen LogP contribution in [0.3, 0.4) is 0 Å². The fraction of sp³-hybridized carbons (Fsp3) is 0.905. The number of hydrogen-bond donors (Lipinski definition) is 1. The number of ether oxygens (including phenoxy) is 6. The highest BCUT2D eigenvalue weighted by Gasteiger charge is 2.66. The predicted octanol–water partition coefficient (Wildman–Crippen LogP) is 1.67. The molecule has 3 heterocycles. The van der Waals surface area contributed by atoms with Gasteiger partial charge in [-0.25, -0.2) is 0 Å². The molecule has 0 spiro atoms. The summed E-state index contributed by atoms with van der Waals surface area (Å²) in [4.78, 5) is 23.4. The van der Waals surface area contributed by atoms with Gasteiger partial charge in [-0.3, -0.25) is 9.59 Å². The van der Waals surface area contributed by atoms with Crippen LogP contribution in [0, 0.1) is 0 Å². The summed E-state index contributed by atoms with van der Waals surface area (Å²) in [6.45, 7) is 11.8. The average Bonchev–Trinajstić information content (AvgIpc) is 3.13. The Balaban J connectivity index is 1.50. The van der Waals surface area contributed by atoms with Crippen LogP contribution in [0.2, 0.25) is 0 Å². The third-order valence-corrected chi connectivity index (χ3v) is 5.19. The van der Waals surface area contributed by atoms with Crippen molar-refractivity contribution in [3.8, 4) is 0 Å². The van der Waals surface area contributed by atoms with E-state index in [1.54, 1.807) is 0 Å². The van der Waals surface area contributed by atoms with Gasteiger partial charge in [0, 0.05) is 20.0 Å². The molecule has 5 atom stereocenters. The van der Waals surface area contributed by atoms with E-state index < -0.39 is 35.4 Å². The summed E-state index contributed by atoms with van der Waals surface area (Å²) in [5, 5.41) is 2.87. The molecule has 0 aromatic heterocycles. The Labute approximate surface area is 178 Å². The molecule has 0 aromatic carbocycles. The van der Waals surface area contributed by atoms with E-state index in [1.165, 1.54) is 6.92 Å². The molecule has 3 aliphatic rings. The Morgan fingerprint density at radius 1 is 1.13 bits per heavy atom. The van der Waals surface area contributed by atoms with Gasteiger partial charge in [-0.1, -0.05) is 0 Å². The highest BCUT2D eigenvalue weighted by molar-refractivity contribution is 5.73. The maximum Gasteiger partial charge on any atom is 0.306 e. The van der Waals surface area contributed by atoms with Crippen molar-refractivity contribution in [2.75, 3.05) is 19.8 Å². The number of amides is 1. The van der Waals surface area contributed by atoms with Crippen molar-refractivity contribution >= 4 is 11.9 Å². The van der Waals surface area contributed by atoms with Gasteiger partial charge in [0.15, 0.2) is 12.1 Å². The Morgan fingerprint density at radius 3 is 2.53 bits per heavy atom. The molecule has 0 radical (unpaired) electrons. The van der Waals surface area contributed by atoms with E-state index in [2.05, 4.69) is 5.32 Å². The molecule has 3 rings (SSSR count). The molecule has 0 unspecified atom stereocenters. The lowest BCUT2D eigenvalue weighted by Crippen LogP contribution is -2.65. The lowest BCUT2D eigenvalue weighted by Gasteiger charge is -2.42. The van der Waals surface area contributed by atoms with Crippen LogP contribution in [-0.2, 0) is 38.0 Å². The van der Waals surface area contributed by atoms with E-state index >= 15 is 0 Å². The van der Waals surface area contributed by atoms with Gasteiger partial charge in [0.2, 0.25) is 5.91 Å². The molecule has 172 valence electrons. The van der Waals surface area contributed by atoms with Gasteiger partial charge in [0.25, 0.3) is 0 Å². The molecule has 1 amide bonds. The summed E-state index contributed by atoms with van der Waals surface area (Å²) in [6.07, 6.45) is 0.354. The van der Waals surface area contributed by atoms with E-state index in [9.17, 15) is 9.59 Å². The molecule has 9 heteroatoms. The largest absolute Gasteiger partial charge is 0.460 e. The maximum atomic E-state index is 11.8. The fourth-order valence-corrected chi connectivity index (χ4v) is 4.12. The van der Waals surface area contributed by atoms with Gasteiger partial charge in [0.1, 0.15) is 29.5 Å². The summed E-state index contributed by atoms with van der Waals surface area (Å²) in [5.74, 6) is -1.17. The number of fused-ring (bicyclic) bond motifs is 4. The minimum Gasteiger partial charge on any atom is -0.460 e. The van der Waals surface area contributed by atoms with Crippen molar-refractivity contribution in [2.24, 2.45) is 0 Å². The third-order valence-electron chi connectivity index (χ3n) is 5.19. The monoisotopic (exact) mass is 429 g/mol. The lowest BCUT2D eigenvalue weighted by atomic mass is 9.88. The van der Waals surface area contributed by atoms with Crippen LogP contribution in [0.4, 0.5) is 0 Å². The Kier molecular flexibility index (Phi) is 6.79. The van der Waals surface area contributed by atoms with Gasteiger partial charge >= 0.3 is 5.97 Å². The lowest BCUT2D eigenvalue weighted by molar-refractivity contribution is -0.213. The van der Waals surface area contributed by atoms with E-state index in [0.717, 1.165) is 6.42 Å². The molecule has 0 aliphatic carbocycles. The number of carbonyl (C=O) groups is 2. The minimum atomic E-state index is -0.791. The van der Waals surface area contributed by atoms with Gasteiger partial charge < -0.3 is 33.7 Å². The highest BCUT2D eigenvalue weighted by atomic mass is 16.8. The van der Waals surface area contributed by atoms with E-state index in [1.807, 2.05) is 34.6 Å². The summed E-state index contributed by atoms with van der Waals surface area (Å²) < 4.78 is 35.4. The van der Waals surface area contributed by atoms with Crippen molar-refractivity contribution in [1.82, 2.24) is 5.32 Å². The minimum absolute atomic E-state index is 0.181. The summed E-state index contributed by atoms with van der Waals surface area (Å²) in [7, 11) is 0. The molecule has 2 bridgehead atoms. The first kappa shape index (κ1) is 23.4. The zero-order chi connectivity index (χ0) is 22.2. The summed E-state index contributed by atoms with van der Waals surface area (Å²) in [6, 6.07) is -0.446. The predicted molar refractivity (Wildman–Crippen MR) is 106 cm³/mol. The smallest absolute Gasteiger partial charge is 0.306 e. The molecule has 3 fully saturated rings.